The molecule has 0 bridgehead atoms. The maximum absolute atomic E-state index is 10.2. The molecule has 0 aliphatic carbocycles. The van der Waals surface area contributed by atoms with Crippen LogP contribution in [0, 0.1) is 34.0 Å². The number of hydrogen-bond acceptors (Lipinski definition) is 5. The summed E-state index contributed by atoms with van der Waals surface area (Å²) < 4.78 is 4.14. The molecule has 0 rings (SSSR count). The van der Waals surface area contributed by atoms with Crippen molar-refractivity contribution in [1.29, 1.82) is 15.8 Å². The lowest BCUT2D eigenvalue weighted by molar-refractivity contribution is -0.135. The van der Waals surface area contributed by atoms with Crippen LogP contribution in [0.1, 0.15) is 0 Å². The highest BCUT2D eigenvalue weighted by Crippen LogP contribution is 1.87. The fourth-order valence-electron chi connectivity index (χ4n) is 0.169. The van der Waals surface area contributed by atoms with Gasteiger partial charge in [-0.3, -0.25) is 0 Å². The van der Waals surface area contributed by atoms with Crippen LogP contribution in [0.4, 0.5) is 0 Å². The number of esters is 1. The molecular formula is C7H5N3O2. The number of carbonyl (C=O) groups excluding carboxylic acids is 1. The van der Waals surface area contributed by atoms with E-state index in [1.54, 1.807) is 6.07 Å². The van der Waals surface area contributed by atoms with E-state index in [2.05, 4.69) is 11.3 Å². The molecule has 0 amide bonds. The summed E-state index contributed by atoms with van der Waals surface area (Å²) in [7, 11) is 1.20. The Morgan fingerprint density at radius 1 is 1.33 bits per heavy atom. The number of rotatable bonds is 1. The van der Waals surface area contributed by atoms with Gasteiger partial charge in [0.15, 0.2) is 12.1 Å². The Balaban J connectivity index is 0. The van der Waals surface area contributed by atoms with Gasteiger partial charge in [0, 0.05) is 0 Å². The minimum Gasteiger partial charge on any atom is -0.465 e. The van der Waals surface area contributed by atoms with Gasteiger partial charge < -0.3 is 4.74 Å². The van der Waals surface area contributed by atoms with Crippen LogP contribution in [-0.4, -0.2) is 13.1 Å². The van der Waals surface area contributed by atoms with Gasteiger partial charge in [0.25, 0.3) is 0 Å². The van der Waals surface area contributed by atoms with Gasteiger partial charge in [0.2, 0.25) is 0 Å². The summed E-state index contributed by atoms with van der Waals surface area (Å²) in [4.78, 5) is 10.2. The number of carbonyl (C=O) groups is 1. The first kappa shape index (κ1) is 12.4. The third-order valence-electron chi connectivity index (χ3n) is 0.617. The highest BCUT2D eigenvalue weighted by atomic mass is 16.5. The second-order valence-electron chi connectivity index (χ2n) is 1.31. The van der Waals surface area contributed by atoms with Crippen LogP contribution in [0.2, 0.25) is 0 Å². The van der Waals surface area contributed by atoms with E-state index < -0.39 is 5.97 Å². The molecule has 0 aliphatic rings. The average Bonchev–Trinajstić information content (AvgIpc) is 2.15. The van der Waals surface area contributed by atoms with E-state index >= 15 is 0 Å². The molecule has 0 N–H and O–H groups in total. The summed E-state index contributed by atoms with van der Waals surface area (Å²) in [6.45, 7) is 3.11. The molecule has 0 aromatic heterocycles. The summed E-state index contributed by atoms with van der Waals surface area (Å²) in [6, 6.07) is 4.02. The topological polar surface area (TPSA) is 97.7 Å². The Bertz CT molecular complexity index is 275. The van der Waals surface area contributed by atoms with Crippen LogP contribution in [0.3, 0.4) is 0 Å². The molecular weight excluding hydrogens is 158 g/mol. The number of nitrogens with zero attached hydrogens (tertiary/aromatic N) is 3. The van der Waals surface area contributed by atoms with Gasteiger partial charge in [-0.25, -0.2) is 4.79 Å². The fraction of sp³-hybridized carbons (Fsp3) is 0.143. The van der Waals surface area contributed by atoms with E-state index in [-0.39, 0.29) is 5.57 Å². The summed E-state index contributed by atoms with van der Waals surface area (Å²) in [5, 5.41) is 22.5. The van der Waals surface area contributed by atoms with E-state index in [9.17, 15) is 4.79 Å². The van der Waals surface area contributed by atoms with Gasteiger partial charge >= 0.3 is 5.97 Å². The lowest BCUT2D eigenvalue weighted by atomic mass is 10.3. The minimum atomic E-state index is -0.674. The molecule has 0 aromatic carbocycles. The first-order valence-corrected chi connectivity index (χ1v) is 2.59. The maximum atomic E-state index is 10.2. The zero-order valence-corrected chi connectivity index (χ0v) is 6.37. The second kappa shape index (κ2) is 8.68. The molecule has 0 radical (unpaired) electrons. The second-order valence-corrected chi connectivity index (χ2v) is 1.31. The SMILES string of the molecule is C=C(C#N)C(=O)OC.N#CC#N. The number of ether oxygens (including phenoxy) is 1. The Kier molecular flexibility index (Phi) is 8.94. The fourth-order valence-corrected chi connectivity index (χ4v) is 0.169. The molecule has 0 saturated heterocycles. The molecule has 60 valence electrons. The molecule has 5 nitrogen and oxygen atoms in total. The van der Waals surface area contributed by atoms with Crippen molar-refractivity contribution in [3.63, 3.8) is 0 Å². The van der Waals surface area contributed by atoms with Crippen LogP contribution < -0.4 is 0 Å². The molecule has 0 heterocycles. The van der Waals surface area contributed by atoms with Crippen LogP contribution in [-0.2, 0) is 9.53 Å². The van der Waals surface area contributed by atoms with Crippen molar-refractivity contribution < 1.29 is 9.53 Å². The predicted molar refractivity (Wildman–Crippen MR) is 38.0 cm³/mol. The van der Waals surface area contributed by atoms with Crippen LogP contribution in [0.5, 0.6) is 0 Å². The Hall–Kier alpha value is -2.32. The van der Waals surface area contributed by atoms with E-state index in [0.717, 1.165) is 0 Å². The van der Waals surface area contributed by atoms with Gasteiger partial charge in [0.05, 0.1) is 7.11 Å². The minimum absolute atomic E-state index is 0.174. The number of nitriles is 3. The molecule has 0 spiro atoms. The van der Waals surface area contributed by atoms with Crippen LogP contribution in [0.25, 0.3) is 0 Å². The van der Waals surface area contributed by atoms with Crippen molar-refractivity contribution in [2.24, 2.45) is 0 Å². The van der Waals surface area contributed by atoms with E-state index in [1.807, 2.05) is 0 Å². The standard InChI is InChI=1S/C5H5NO2.C2N2/c1-4(3-6)5(7)8-2;3-1-2-4/h1H2,2H3;. The zero-order chi connectivity index (χ0) is 9.98. The van der Waals surface area contributed by atoms with Crippen LogP contribution in [0.15, 0.2) is 12.2 Å². The monoisotopic (exact) mass is 163 g/mol. The van der Waals surface area contributed by atoms with Crippen LogP contribution >= 0.6 is 0 Å². The van der Waals surface area contributed by atoms with Crippen molar-refractivity contribution in [2.45, 2.75) is 0 Å². The highest BCUT2D eigenvalue weighted by molar-refractivity contribution is 5.91. The zero-order valence-electron chi connectivity index (χ0n) is 6.37. The molecule has 5 heteroatoms. The molecule has 0 aliphatic heterocycles. The Morgan fingerprint density at radius 3 is 1.83 bits per heavy atom. The largest absolute Gasteiger partial charge is 0.465 e. The Labute approximate surface area is 69.7 Å². The van der Waals surface area contributed by atoms with Gasteiger partial charge in [-0.05, 0) is 0 Å². The third-order valence-corrected chi connectivity index (χ3v) is 0.617. The third kappa shape index (κ3) is 7.68. The van der Waals surface area contributed by atoms with Crippen molar-refractivity contribution in [3.05, 3.63) is 12.2 Å². The lowest BCUT2D eigenvalue weighted by Gasteiger charge is -1.89. The summed E-state index contributed by atoms with van der Waals surface area (Å²) in [5.74, 6) is -0.674. The molecule has 0 fully saturated rings. The van der Waals surface area contributed by atoms with Crippen molar-refractivity contribution in [1.82, 2.24) is 0 Å². The molecule has 12 heavy (non-hydrogen) atoms. The van der Waals surface area contributed by atoms with E-state index in [4.69, 9.17) is 15.8 Å². The quantitative estimate of drug-likeness (QED) is 0.314. The van der Waals surface area contributed by atoms with Gasteiger partial charge in [0.1, 0.15) is 11.6 Å². The molecule has 0 aromatic rings. The van der Waals surface area contributed by atoms with E-state index in [0.29, 0.717) is 0 Å². The number of hydrogen-bond donors (Lipinski definition) is 0. The van der Waals surface area contributed by atoms with Gasteiger partial charge in [-0.2, -0.15) is 15.8 Å². The lowest BCUT2D eigenvalue weighted by Crippen LogP contribution is -2.00. The summed E-state index contributed by atoms with van der Waals surface area (Å²) in [5.41, 5.74) is -0.174. The van der Waals surface area contributed by atoms with Crippen molar-refractivity contribution in [2.75, 3.05) is 7.11 Å². The summed E-state index contributed by atoms with van der Waals surface area (Å²) >= 11 is 0. The van der Waals surface area contributed by atoms with Crippen molar-refractivity contribution in [3.8, 4) is 18.2 Å². The molecule has 0 saturated carbocycles. The average molecular weight is 163 g/mol. The maximum Gasteiger partial charge on any atom is 0.347 e. The van der Waals surface area contributed by atoms with Gasteiger partial charge in [-0.15, -0.1) is 0 Å². The first-order chi connectivity index (χ1) is 5.63. The predicted octanol–water partition coefficient (Wildman–Crippen LogP) is 0.273. The van der Waals surface area contributed by atoms with Gasteiger partial charge in [-0.1, -0.05) is 6.58 Å². The summed E-state index contributed by atoms with van der Waals surface area (Å²) in [6.07, 6.45) is 0. The normalized spacial score (nSPS) is 5.50. The van der Waals surface area contributed by atoms with E-state index in [1.165, 1.54) is 19.2 Å². The molecule has 0 unspecified atom stereocenters. The number of methoxy groups -OCH3 is 1. The van der Waals surface area contributed by atoms with Crippen molar-refractivity contribution >= 4 is 5.97 Å². The molecule has 0 atom stereocenters. The highest BCUT2D eigenvalue weighted by Gasteiger charge is 2.01. The Morgan fingerprint density at radius 2 is 1.75 bits per heavy atom. The first-order valence-electron chi connectivity index (χ1n) is 2.59. The smallest absolute Gasteiger partial charge is 0.347 e.